The lowest BCUT2D eigenvalue weighted by atomic mass is 10.1. The topological polar surface area (TPSA) is 23.5 Å². The lowest BCUT2D eigenvalue weighted by Crippen LogP contribution is -2.28. The van der Waals surface area contributed by atoms with E-state index in [9.17, 15) is 5.11 Å². The van der Waals surface area contributed by atoms with Crippen LogP contribution in [0.15, 0.2) is 28.7 Å². The van der Waals surface area contributed by atoms with E-state index in [0.29, 0.717) is 0 Å². The van der Waals surface area contributed by atoms with Gasteiger partial charge in [-0.2, -0.15) is 0 Å². The molecule has 1 aromatic rings. The van der Waals surface area contributed by atoms with Crippen LogP contribution in [-0.2, 0) is 0 Å². The molecule has 1 saturated heterocycles. The molecule has 15 heavy (non-hydrogen) atoms. The van der Waals surface area contributed by atoms with Crippen molar-refractivity contribution in [3.63, 3.8) is 0 Å². The highest BCUT2D eigenvalue weighted by Gasteiger charge is 2.22. The van der Waals surface area contributed by atoms with Crippen LogP contribution in [0.3, 0.4) is 0 Å². The molecule has 1 unspecified atom stereocenters. The van der Waals surface area contributed by atoms with Gasteiger partial charge >= 0.3 is 0 Å². The molecule has 3 heteroatoms. The highest BCUT2D eigenvalue weighted by Crippen LogP contribution is 2.25. The van der Waals surface area contributed by atoms with Gasteiger partial charge in [0.2, 0.25) is 0 Å². The van der Waals surface area contributed by atoms with Gasteiger partial charge in [0.1, 0.15) is 0 Å². The minimum absolute atomic E-state index is 0.181. The molecule has 1 aliphatic heterocycles. The second kappa shape index (κ2) is 5.10. The Morgan fingerprint density at radius 2 is 1.80 bits per heavy atom. The van der Waals surface area contributed by atoms with E-state index >= 15 is 0 Å². The molecule has 0 aromatic heterocycles. The number of aliphatic hydroxyl groups is 1. The van der Waals surface area contributed by atoms with E-state index in [4.69, 9.17) is 0 Å². The molecule has 1 fully saturated rings. The first-order valence-electron chi connectivity index (χ1n) is 5.41. The van der Waals surface area contributed by atoms with E-state index in [2.05, 4.69) is 33.0 Å². The zero-order valence-corrected chi connectivity index (χ0v) is 10.3. The lowest BCUT2D eigenvalue weighted by molar-refractivity contribution is 0.147. The fraction of sp³-hybridized carbons (Fsp3) is 0.500. The molecular formula is C12H16BrNO. The zero-order valence-electron chi connectivity index (χ0n) is 8.69. The predicted octanol–water partition coefficient (Wildman–Crippen LogP) is 2.58. The van der Waals surface area contributed by atoms with Crippen LogP contribution in [0.5, 0.6) is 0 Å². The van der Waals surface area contributed by atoms with E-state index in [1.54, 1.807) is 0 Å². The average molecular weight is 270 g/mol. The minimum atomic E-state index is 0.181. The third kappa shape index (κ3) is 2.60. The minimum Gasteiger partial charge on any atom is -0.394 e. The van der Waals surface area contributed by atoms with Crippen molar-refractivity contribution in [3.05, 3.63) is 34.3 Å². The summed E-state index contributed by atoms with van der Waals surface area (Å²) in [5, 5.41) is 9.46. The third-order valence-electron chi connectivity index (χ3n) is 3.01. The number of benzene rings is 1. The Bertz CT molecular complexity index is 306. The number of likely N-dealkylation sites (tertiary alicyclic amines) is 1. The SMILES string of the molecule is OCC(c1ccc(Br)cc1)N1CCCC1. The molecule has 1 heterocycles. The number of hydrogen-bond acceptors (Lipinski definition) is 2. The van der Waals surface area contributed by atoms with Crippen LogP contribution in [0.1, 0.15) is 24.4 Å². The van der Waals surface area contributed by atoms with Gasteiger partial charge in [0, 0.05) is 4.47 Å². The summed E-state index contributed by atoms with van der Waals surface area (Å²) in [5.74, 6) is 0. The molecule has 0 amide bonds. The van der Waals surface area contributed by atoms with Gasteiger partial charge in [0.05, 0.1) is 12.6 Å². The van der Waals surface area contributed by atoms with E-state index in [0.717, 1.165) is 17.6 Å². The quantitative estimate of drug-likeness (QED) is 0.912. The van der Waals surface area contributed by atoms with Crippen LogP contribution in [0.2, 0.25) is 0 Å². The second-order valence-corrected chi connectivity index (χ2v) is 4.91. The molecule has 0 saturated carbocycles. The van der Waals surface area contributed by atoms with E-state index < -0.39 is 0 Å². The molecule has 0 aliphatic carbocycles. The highest BCUT2D eigenvalue weighted by atomic mass is 79.9. The first kappa shape index (κ1) is 11.1. The van der Waals surface area contributed by atoms with Crippen molar-refractivity contribution >= 4 is 15.9 Å². The smallest absolute Gasteiger partial charge is 0.0628 e. The summed E-state index contributed by atoms with van der Waals surface area (Å²) in [4.78, 5) is 2.36. The van der Waals surface area contributed by atoms with Crippen molar-refractivity contribution < 1.29 is 5.11 Å². The van der Waals surface area contributed by atoms with Gasteiger partial charge in [-0.3, -0.25) is 4.90 Å². The second-order valence-electron chi connectivity index (χ2n) is 3.99. The van der Waals surface area contributed by atoms with Crippen LogP contribution < -0.4 is 0 Å². The normalized spacial score (nSPS) is 19.3. The largest absolute Gasteiger partial charge is 0.394 e. The molecule has 2 rings (SSSR count). The molecule has 1 atom stereocenters. The maximum atomic E-state index is 9.46. The van der Waals surface area contributed by atoms with Gasteiger partial charge in [-0.1, -0.05) is 28.1 Å². The van der Waals surface area contributed by atoms with Crippen LogP contribution >= 0.6 is 15.9 Å². The Morgan fingerprint density at radius 1 is 1.20 bits per heavy atom. The standard InChI is InChI=1S/C12H16BrNO/c13-11-5-3-10(4-6-11)12(9-15)14-7-1-2-8-14/h3-6,12,15H,1-2,7-9H2. The molecule has 0 radical (unpaired) electrons. The van der Waals surface area contributed by atoms with Crippen LogP contribution in [-0.4, -0.2) is 29.7 Å². The van der Waals surface area contributed by atoms with Crippen LogP contribution in [0, 0.1) is 0 Å². The van der Waals surface area contributed by atoms with Crippen molar-refractivity contribution in [2.24, 2.45) is 0 Å². The summed E-state index contributed by atoms with van der Waals surface area (Å²) in [5.41, 5.74) is 1.21. The van der Waals surface area contributed by atoms with E-state index in [-0.39, 0.29) is 12.6 Å². The first-order chi connectivity index (χ1) is 7.31. The monoisotopic (exact) mass is 269 g/mol. The van der Waals surface area contributed by atoms with Gasteiger partial charge in [-0.15, -0.1) is 0 Å². The third-order valence-corrected chi connectivity index (χ3v) is 3.54. The van der Waals surface area contributed by atoms with Gasteiger partial charge in [0.25, 0.3) is 0 Å². The lowest BCUT2D eigenvalue weighted by Gasteiger charge is -2.26. The van der Waals surface area contributed by atoms with E-state index in [1.165, 1.54) is 18.4 Å². The predicted molar refractivity (Wildman–Crippen MR) is 64.8 cm³/mol. The number of halogens is 1. The Kier molecular flexibility index (Phi) is 3.78. The van der Waals surface area contributed by atoms with Crippen molar-refractivity contribution in [2.45, 2.75) is 18.9 Å². The maximum Gasteiger partial charge on any atom is 0.0628 e. The molecule has 1 aromatic carbocycles. The summed E-state index contributed by atoms with van der Waals surface area (Å²) < 4.78 is 1.09. The summed E-state index contributed by atoms with van der Waals surface area (Å²) in [6.07, 6.45) is 2.51. The summed E-state index contributed by atoms with van der Waals surface area (Å²) in [7, 11) is 0. The molecule has 82 valence electrons. The Hall–Kier alpha value is -0.380. The van der Waals surface area contributed by atoms with Crippen molar-refractivity contribution in [2.75, 3.05) is 19.7 Å². The molecule has 1 N–H and O–H groups in total. The summed E-state index contributed by atoms with van der Waals surface area (Å²) in [6.45, 7) is 2.43. The average Bonchev–Trinajstić information content (AvgIpc) is 2.75. The maximum absolute atomic E-state index is 9.46. The van der Waals surface area contributed by atoms with Gasteiger partial charge < -0.3 is 5.11 Å². The van der Waals surface area contributed by atoms with Crippen molar-refractivity contribution in [3.8, 4) is 0 Å². The molecule has 0 spiro atoms. The number of rotatable bonds is 3. The molecule has 0 bridgehead atoms. The van der Waals surface area contributed by atoms with Crippen molar-refractivity contribution in [1.29, 1.82) is 0 Å². The molecular weight excluding hydrogens is 254 g/mol. The Balaban J connectivity index is 2.14. The first-order valence-corrected chi connectivity index (χ1v) is 6.21. The number of nitrogens with zero attached hydrogens (tertiary/aromatic N) is 1. The zero-order chi connectivity index (χ0) is 10.7. The van der Waals surface area contributed by atoms with Crippen LogP contribution in [0.25, 0.3) is 0 Å². The van der Waals surface area contributed by atoms with E-state index in [1.807, 2.05) is 12.1 Å². The fourth-order valence-electron chi connectivity index (χ4n) is 2.17. The summed E-state index contributed by atoms with van der Waals surface area (Å²) >= 11 is 3.42. The summed E-state index contributed by atoms with van der Waals surface area (Å²) in [6, 6.07) is 8.43. The molecule has 2 nitrogen and oxygen atoms in total. The fourth-order valence-corrected chi connectivity index (χ4v) is 2.43. The van der Waals surface area contributed by atoms with Gasteiger partial charge in [-0.05, 0) is 43.6 Å². The van der Waals surface area contributed by atoms with Gasteiger partial charge in [-0.25, -0.2) is 0 Å². The number of hydrogen-bond donors (Lipinski definition) is 1. The number of aliphatic hydroxyl groups excluding tert-OH is 1. The van der Waals surface area contributed by atoms with Gasteiger partial charge in [0.15, 0.2) is 0 Å². The van der Waals surface area contributed by atoms with Crippen LogP contribution in [0.4, 0.5) is 0 Å². The Morgan fingerprint density at radius 3 is 2.33 bits per heavy atom. The highest BCUT2D eigenvalue weighted by molar-refractivity contribution is 9.10. The van der Waals surface area contributed by atoms with Crippen molar-refractivity contribution in [1.82, 2.24) is 4.90 Å². The Labute approximate surface area is 99.0 Å². The molecule has 1 aliphatic rings.